The second-order valence-electron chi connectivity index (χ2n) is 6.71. The van der Waals surface area contributed by atoms with Gasteiger partial charge in [-0.05, 0) is 12.1 Å². The van der Waals surface area contributed by atoms with E-state index in [1.807, 2.05) is 6.07 Å². The van der Waals surface area contributed by atoms with Crippen LogP contribution in [0.2, 0.25) is 0 Å². The van der Waals surface area contributed by atoms with Crippen molar-refractivity contribution in [3.63, 3.8) is 0 Å². The lowest BCUT2D eigenvalue weighted by atomic mass is 10.00. The number of ketones is 1. The number of nitrogens with zero attached hydrogens (tertiary/aromatic N) is 2. The van der Waals surface area contributed by atoms with Gasteiger partial charge in [-0.15, -0.1) is 0 Å². The SMILES string of the molecule is O=C(Cn1cnc2ccccc2c1=O)OC(C(=O)c1ccccc1)c1ccccc1. The van der Waals surface area contributed by atoms with Crippen LogP contribution in [0.5, 0.6) is 0 Å². The molecule has 6 nitrogen and oxygen atoms in total. The monoisotopic (exact) mass is 398 g/mol. The highest BCUT2D eigenvalue weighted by molar-refractivity contribution is 6.01. The minimum absolute atomic E-state index is 0.334. The molecule has 0 saturated carbocycles. The maximum atomic E-state index is 13.0. The zero-order chi connectivity index (χ0) is 20.9. The van der Waals surface area contributed by atoms with E-state index in [1.54, 1.807) is 78.9 Å². The molecule has 30 heavy (non-hydrogen) atoms. The summed E-state index contributed by atoms with van der Waals surface area (Å²) in [6.45, 7) is -0.345. The van der Waals surface area contributed by atoms with Crippen LogP contribution in [0.3, 0.4) is 0 Å². The van der Waals surface area contributed by atoms with Gasteiger partial charge in [-0.2, -0.15) is 0 Å². The summed E-state index contributed by atoms with van der Waals surface area (Å²) in [4.78, 5) is 42.5. The summed E-state index contributed by atoms with van der Waals surface area (Å²) in [7, 11) is 0. The second-order valence-corrected chi connectivity index (χ2v) is 6.71. The third kappa shape index (κ3) is 4.03. The smallest absolute Gasteiger partial charge is 0.327 e. The van der Waals surface area contributed by atoms with E-state index in [2.05, 4.69) is 4.98 Å². The van der Waals surface area contributed by atoms with E-state index in [9.17, 15) is 14.4 Å². The normalized spacial score (nSPS) is 11.7. The Morgan fingerprint density at radius 3 is 2.23 bits per heavy atom. The van der Waals surface area contributed by atoms with Crippen molar-refractivity contribution in [1.29, 1.82) is 0 Å². The molecule has 148 valence electrons. The molecule has 0 N–H and O–H groups in total. The van der Waals surface area contributed by atoms with Gasteiger partial charge >= 0.3 is 5.97 Å². The number of rotatable bonds is 6. The Morgan fingerprint density at radius 2 is 1.50 bits per heavy atom. The van der Waals surface area contributed by atoms with Crippen molar-refractivity contribution in [2.75, 3.05) is 0 Å². The van der Waals surface area contributed by atoms with Gasteiger partial charge in [0.15, 0.2) is 6.10 Å². The maximum Gasteiger partial charge on any atom is 0.327 e. The molecule has 0 aliphatic rings. The van der Waals surface area contributed by atoms with Gasteiger partial charge in [0.2, 0.25) is 5.78 Å². The minimum atomic E-state index is -1.11. The maximum absolute atomic E-state index is 13.0. The number of esters is 1. The lowest BCUT2D eigenvalue weighted by Crippen LogP contribution is -2.28. The molecule has 1 atom stereocenters. The number of aromatic nitrogens is 2. The summed E-state index contributed by atoms with van der Waals surface area (Å²) in [5, 5.41) is 0.410. The van der Waals surface area contributed by atoms with E-state index in [1.165, 1.54) is 10.9 Å². The molecule has 1 aromatic heterocycles. The number of hydrogen-bond acceptors (Lipinski definition) is 5. The quantitative estimate of drug-likeness (QED) is 0.367. The Bertz CT molecular complexity index is 1250. The molecule has 0 bridgehead atoms. The summed E-state index contributed by atoms with van der Waals surface area (Å²) in [6.07, 6.45) is 0.202. The van der Waals surface area contributed by atoms with Crippen molar-refractivity contribution < 1.29 is 14.3 Å². The fourth-order valence-corrected chi connectivity index (χ4v) is 3.18. The van der Waals surface area contributed by atoms with E-state index in [0.29, 0.717) is 22.0 Å². The Balaban J connectivity index is 1.60. The standard InChI is InChI=1S/C24H18N2O4/c27-21(15-26-16-25-20-14-8-7-13-19(20)24(26)29)30-23(18-11-5-2-6-12-18)22(28)17-9-3-1-4-10-17/h1-14,16,23H,15H2. The first-order valence-corrected chi connectivity index (χ1v) is 9.41. The van der Waals surface area contributed by atoms with E-state index >= 15 is 0 Å². The zero-order valence-electron chi connectivity index (χ0n) is 16.0. The molecule has 0 radical (unpaired) electrons. The average Bonchev–Trinajstić information content (AvgIpc) is 2.80. The second kappa shape index (κ2) is 8.53. The van der Waals surface area contributed by atoms with Gasteiger partial charge < -0.3 is 4.74 Å². The van der Waals surface area contributed by atoms with Gasteiger partial charge in [0.1, 0.15) is 6.54 Å². The summed E-state index contributed by atoms with van der Waals surface area (Å²) in [6, 6.07) is 24.3. The van der Waals surface area contributed by atoms with Crippen molar-refractivity contribution in [2.24, 2.45) is 0 Å². The van der Waals surface area contributed by atoms with E-state index in [-0.39, 0.29) is 17.9 Å². The number of carbonyl (C=O) groups excluding carboxylic acids is 2. The molecule has 1 heterocycles. The third-order valence-electron chi connectivity index (χ3n) is 4.68. The number of hydrogen-bond donors (Lipinski definition) is 0. The van der Waals surface area contributed by atoms with Crippen molar-refractivity contribution in [3.8, 4) is 0 Å². The number of benzene rings is 3. The highest BCUT2D eigenvalue weighted by Crippen LogP contribution is 2.23. The van der Waals surface area contributed by atoms with E-state index < -0.39 is 12.1 Å². The first-order valence-electron chi connectivity index (χ1n) is 9.41. The van der Waals surface area contributed by atoms with Crippen molar-refractivity contribution in [1.82, 2.24) is 9.55 Å². The highest BCUT2D eigenvalue weighted by Gasteiger charge is 2.26. The minimum Gasteiger partial charge on any atom is -0.448 e. The predicted molar refractivity (Wildman–Crippen MR) is 112 cm³/mol. The first kappa shape index (κ1) is 19.3. The van der Waals surface area contributed by atoms with Crippen LogP contribution in [0, 0.1) is 0 Å². The molecule has 6 heteroatoms. The average molecular weight is 398 g/mol. The molecule has 0 aliphatic heterocycles. The molecule has 0 spiro atoms. The first-order chi connectivity index (χ1) is 14.6. The number of ether oxygens (including phenoxy) is 1. The highest BCUT2D eigenvalue weighted by atomic mass is 16.5. The van der Waals surface area contributed by atoms with Gasteiger partial charge in [0.05, 0.1) is 17.2 Å². The zero-order valence-corrected chi connectivity index (χ0v) is 16.0. The Kier molecular flexibility index (Phi) is 5.48. The van der Waals surface area contributed by atoms with Crippen LogP contribution < -0.4 is 5.56 Å². The van der Waals surface area contributed by atoms with E-state index in [0.717, 1.165) is 0 Å². The molecular formula is C24H18N2O4. The molecule has 0 aliphatic carbocycles. The largest absolute Gasteiger partial charge is 0.448 e. The van der Waals surface area contributed by atoms with Crippen LogP contribution in [-0.2, 0) is 16.1 Å². The fraction of sp³-hybridized carbons (Fsp3) is 0.0833. The Morgan fingerprint density at radius 1 is 0.867 bits per heavy atom. The van der Waals surface area contributed by atoms with E-state index in [4.69, 9.17) is 4.74 Å². The molecular weight excluding hydrogens is 380 g/mol. The number of carbonyl (C=O) groups is 2. The van der Waals surface area contributed by atoms with Gasteiger partial charge in [0, 0.05) is 11.1 Å². The number of fused-ring (bicyclic) bond motifs is 1. The molecule has 3 aromatic carbocycles. The third-order valence-corrected chi connectivity index (χ3v) is 4.68. The van der Waals surface area contributed by atoms with Crippen LogP contribution in [-0.4, -0.2) is 21.3 Å². The lowest BCUT2D eigenvalue weighted by molar-refractivity contribution is -0.148. The molecule has 0 amide bonds. The molecule has 0 fully saturated rings. The van der Waals surface area contributed by atoms with Crippen molar-refractivity contribution in [3.05, 3.63) is 113 Å². The summed E-state index contributed by atoms with van der Waals surface area (Å²) in [5.74, 6) is -1.04. The number of para-hydroxylation sites is 1. The topological polar surface area (TPSA) is 78.3 Å². The van der Waals surface area contributed by atoms with Gasteiger partial charge in [-0.25, -0.2) is 4.98 Å². The van der Waals surface area contributed by atoms with Crippen LogP contribution in [0.15, 0.2) is 96.1 Å². The van der Waals surface area contributed by atoms with Gasteiger partial charge in [-0.1, -0.05) is 72.8 Å². The van der Waals surface area contributed by atoms with Crippen LogP contribution >= 0.6 is 0 Å². The van der Waals surface area contributed by atoms with Crippen LogP contribution in [0.25, 0.3) is 10.9 Å². The molecule has 0 saturated heterocycles. The lowest BCUT2D eigenvalue weighted by Gasteiger charge is -2.18. The number of Topliss-reactive ketones (excluding diaryl/α,β-unsaturated/α-hetero) is 1. The van der Waals surface area contributed by atoms with Gasteiger partial charge in [0.25, 0.3) is 5.56 Å². The summed E-state index contributed by atoms with van der Waals surface area (Å²) >= 11 is 0. The Labute approximate surface area is 172 Å². The van der Waals surface area contributed by atoms with Crippen LogP contribution in [0.4, 0.5) is 0 Å². The molecule has 1 unspecified atom stereocenters. The van der Waals surface area contributed by atoms with Crippen LogP contribution in [0.1, 0.15) is 22.0 Å². The van der Waals surface area contributed by atoms with Crippen molar-refractivity contribution >= 4 is 22.7 Å². The van der Waals surface area contributed by atoms with Crippen molar-refractivity contribution in [2.45, 2.75) is 12.6 Å². The molecule has 4 rings (SSSR count). The Hall–Kier alpha value is -4.06. The summed E-state index contributed by atoms with van der Waals surface area (Å²) in [5.41, 5.74) is 1.20. The predicted octanol–water partition coefficient (Wildman–Crippen LogP) is 3.56. The summed E-state index contributed by atoms with van der Waals surface area (Å²) < 4.78 is 6.73. The molecule has 4 aromatic rings. The fourth-order valence-electron chi connectivity index (χ4n) is 3.18. The van der Waals surface area contributed by atoms with Gasteiger partial charge in [-0.3, -0.25) is 19.0 Å².